The molecule has 3 aromatic rings. The number of halogens is 1. The number of ketones is 1. The molecule has 5 heteroatoms. The summed E-state index contributed by atoms with van der Waals surface area (Å²) in [5.74, 6) is -0.163. The molecule has 150 valence electrons. The predicted octanol–water partition coefficient (Wildman–Crippen LogP) is 4.07. The summed E-state index contributed by atoms with van der Waals surface area (Å²) >= 11 is 0. The lowest BCUT2D eigenvalue weighted by Crippen LogP contribution is -2.52. The number of Topliss-reactive ketones (excluding diaryl/α,β-unsaturated/α-hetero) is 1. The molecule has 2 heterocycles. The Morgan fingerprint density at radius 2 is 1.62 bits per heavy atom. The number of piperazine rings is 1. The third-order valence-corrected chi connectivity index (χ3v) is 5.74. The van der Waals surface area contributed by atoms with Crippen molar-refractivity contribution >= 4 is 11.5 Å². The molecule has 1 atom stereocenters. The largest absolute Gasteiger partial charge is 0.369 e. The summed E-state index contributed by atoms with van der Waals surface area (Å²) < 4.78 is 15.9. The zero-order chi connectivity index (χ0) is 20.2. The van der Waals surface area contributed by atoms with Crippen molar-refractivity contribution in [1.82, 2.24) is 9.47 Å². The second kappa shape index (κ2) is 8.62. The van der Waals surface area contributed by atoms with Crippen molar-refractivity contribution in [3.8, 4) is 0 Å². The molecule has 1 unspecified atom stereocenters. The second-order valence-corrected chi connectivity index (χ2v) is 7.51. The molecular weight excluding hydrogens is 365 g/mol. The van der Waals surface area contributed by atoms with E-state index >= 15 is 0 Å². The van der Waals surface area contributed by atoms with Crippen molar-refractivity contribution in [1.29, 1.82) is 0 Å². The SMILES string of the molecule is CC(C(=O)c1cccn1Cc1ccccc1F)N1CCN(c2ccccc2)CC1. The van der Waals surface area contributed by atoms with E-state index in [-0.39, 0.29) is 17.6 Å². The van der Waals surface area contributed by atoms with Crippen LogP contribution in [0.3, 0.4) is 0 Å². The summed E-state index contributed by atoms with van der Waals surface area (Å²) in [7, 11) is 0. The first-order chi connectivity index (χ1) is 14.1. The molecule has 0 radical (unpaired) electrons. The summed E-state index contributed by atoms with van der Waals surface area (Å²) in [5.41, 5.74) is 2.44. The monoisotopic (exact) mass is 391 g/mol. The van der Waals surface area contributed by atoms with Gasteiger partial charge in [-0.15, -0.1) is 0 Å². The van der Waals surface area contributed by atoms with Crippen LogP contribution in [0.1, 0.15) is 23.0 Å². The van der Waals surface area contributed by atoms with Gasteiger partial charge in [0, 0.05) is 43.6 Å². The first-order valence-electron chi connectivity index (χ1n) is 10.1. The fraction of sp³-hybridized carbons (Fsp3) is 0.292. The molecule has 29 heavy (non-hydrogen) atoms. The van der Waals surface area contributed by atoms with E-state index in [9.17, 15) is 9.18 Å². The number of hydrogen-bond acceptors (Lipinski definition) is 3. The minimum absolute atomic E-state index is 0.0829. The van der Waals surface area contributed by atoms with Gasteiger partial charge in [0.05, 0.1) is 18.3 Å². The topological polar surface area (TPSA) is 28.5 Å². The van der Waals surface area contributed by atoms with Crippen LogP contribution in [-0.4, -0.2) is 47.5 Å². The summed E-state index contributed by atoms with van der Waals surface area (Å²) in [6.45, 7) is 5.82. The van der Waals surface area contributed by atoms with Crippen molar-refractivity contribution in [3.05, 3.63) is 90.0 Å². The van der Waals surface area contributed by atoms with Crippen molar-refractivity contribution in [2.24, 2.45) is 0 Å². The molecular formula is C24H26FN3O. The minimum atomic E-state index is -0.246. The average Bonchev–Trinajstić information content (AvgIpc) is 3.23. The van der Waals surface area contributed by atoms with Gasteiger partial charge in [-0.25, -0.2) is 4.39 Å². The van der Waals surface area contributed by atoms with E-state index in [2.05, 4.69) is 34.1 Å². The molecule has 0 saturated carbocycles. The maximum atomic E-state index is 14.0. The van der Waals surface area contributed by atoms with Crippen LogP contribution in [0, 0.1) is 5.82 Å². The van der Waals surface area contributed by atoms with E-state index in [4.69, 9.17) is 0 Å². The van der Waals surface area contributed by atoms with Crippen LogP contribution < -0.4 is 4.90 Å². The van der Waals surface area contributed by atoms with Gasteiger partial charge in [0.25, 0.3) is 0 Å². The Hall–Kier alpha value is -2.92. The zero-order valence-corrected chi connectivity index (χ0v) is 16.7. The molecule has 1 aromatic heterocycles. The first-order valence-corrected chi connectivity index (χ1v) is 10.1. The molecule has 4 nitrogen and oxygen atoms in total. The summed E-state index contributed by atoms with van der Waals surface area (Å²) in [4.78, 5) is 17.8. The molecule has 1 aliphatic rings. The molecule has 0 N–H and O–H groups in total. The Labute approximate surface area is 171 Å². The lowest BCUT2D eigenvalue weighted by atomic mass is 10.1. The fourth-order valence-corrected chi connectivity index (χ4v) is 3.97. The highest BCUT2D eigenvalue weighted by molar-refractivity contribution is 5.98. The maximum Gasteiger partial charge on any atom is 0.195 e. The lowest BCUT2D eigenvalue weighted by Gasteiger charge is -2.38. The fourth-order valence-electron chi connectivity index (χ4n) is 3.97. The molecule has 1 saturated heterocycles. The highest BCUT2D eigenvalue weighted by Crippen LogP contribution is 2.19. The molecule has 2 aromatic carbocycles. The standard InChI is InChI=1S/C24H26FN3O/c1-19(26-14-16-27(17-15-26)21-9-3-2-4-10-21)24(29)23-12-7-13-28(23)18-20-8-5-6-11-22(20)25/h2-13,19H,14-18H2,1H3. The third-order valence-electron chi connectivity index (χ3n) is 5.74. The summed E-state index contributed by atoms with van der Waals surface area (Å²) in [5, 5.41) is 0. The Balaban J connectivity index is 1.42. The van der Waals surface area contributed by atoms with Crippen LogP contribution in [0.5, 0.6) is 0 Å². The van der Waals surface area contributed by atoms with Gasteiger partial charge in [0.1, 0.15) is 5.82 Å². The highest BCUT2D eigenvalue weighted by Gasteiger charge is 2.27. The van der Waals surface area contributed by atoms with Gasteiger partial charge in [0.15, 0.2) is 5.78 Å². The number of para-hydroxylation sites is 1. The van der Waals surface area contributed by atoms with Crippen LogP contribution in [0.25, 0.3) is 0 Å². The lowest BCUT2D eigenvalue weighted by molar-refractivity contribution is 0.0820. The van der Waals surface area contributed by atoms with Gasteiger partial charge in [0.2, 0.25) is 0 Å². The molecule has 0 aliphatic carbocycles. The van der Waals surface area contributed by atoms with Crippen molar-refractivity contribution < 1.29 is 9.18 Å². The molecule has 0 amide bonds. The highest BCUT2D eigenvalue weighted by atomic mass is 19.1. The van der Waals surface area contributed by atoms with E-state index in [1.54, 1.807) is 12.1 Å². The Bertz CT molecular complexity index is 961. The summed E-state index contributed by atoms with van der Waals surface area (Å²) in [6.07, 6.45) is 1.85. The van der Waals surface area contributed by atoms with Crippen LogP contribution in [0.2, 0.25) is 0 Å². The number of benzene rings is 2. The van der Waals surface area contributed by atoms with Gasteiger partial charge in [-0.3, -0.25) is 9.69 Å². The van der Waals surface area contributed by atoms with Gasteiger partial charge in [-0.05, 0) is 37.3 Å². The van der Waals surface area contributed by atoms with Crippen LogP contribution in [0.4, 0.5) is 10.1 Å². The molecule has 1 fully saturated rings. The molecule has 0 bridgehead atoms. The third kappa shape index (κ3) is 4.25. The van der Waals surface area contributed by atoms with Crippen LogP contribution in [0.15, 0.2) is 72.9 Å². The van der Waals surface area contributed by atoms with Crippen LogP contribution >= 0.6 is 0 Å². The van der Waals surface area contributed by atoms with Gasteiger partial charge in [-0.1, -0.05) is 36.4 Å². The van der Waals surface area contributed by atoms with E-state index in [0.29, 0.717) is 17.8 Å². The zero-order valence-electron chi connectivity index (χ0n) is 16.7. The number of anilines is 1. The van der Waals surface area contributed by atoms with E-state index in [1.807, 2.05) is 42.0 Å². The normalized spacial score (nSPS) is 16.0. The van der Waals surface area contributed by atoms with Gasteiger partial charge >= 0.3 is 0 Å². The number of nitrogens with zero attached hydrogens (tertiary/aromatic N) is 3. The van der Waals surface area contributed by atoms with E-state index < -0.39 is 0 Å². The Morgan fingerprint density at radius 1 is 0.931 bits per heavy atom. The summed E-state index contributed by atoms with van der Waals surface area (Å²) in [6, 6.07) is 20.6. The Morgan fingerprint density at radius 3 is 2.34 bits per heavy atom. The van der Waals surface area contributed by atoms with Crippen molar-refractivity contribution in [2.75, 3.05) is 31.1 Å². The molecule has 4 rings (SSSR count). The molecule has 0 spiro atoms. The average molecular weight is 391 g/mol. The minimum Gasteiger partial charge on any atom is -0.369 e. The smallest absolute Gasteiger partial charge is 0.195 e. The van der Waals surface area contributed by atoms with Crippen molar-refractivity contribution in [3.63, 3.8) is 0 Å². The van der Waals surface area contributed by atoms with Crippen molar-refractivity contribution in [2.45, 2.75) is 19.5 Å². The number of carbonyl (C=O) groups excluding carboxylic acids is 1. The number of hydrogen-bond donors (Lipinski definition) is 0. The second-order valence-electron chi connectivity index (χ2n) is 7.51. The number of carbonyl (C=O) groups is 1. The maximum absolute atomic E-state index is 14.0. The van der Waals surface area contributed by atoms with Gasteiger partial charge < -0.3 is 9.47 Å². The van der Waals surface area contributed by atoms with Gasteiger partial charge in [-0.2, -0.15) is 0 Å². The first kappa shape index (κ1) is 19.4. The quantitative estimate of drug-likeness (QED) is 0.593. The van der Waals surface area contributed by atoms with Crippen LogP contribution in [-0.2, 0) is 6.54 Å². The number of rotatable bonds is 6. The molecule has 1 aliphatic heterocycles. The predicted molar refractivity (Wildman–Crippen MR) is 114 cm³/mol. The van der Waals surface area contributed by atoms with E-state index in [0.717, 1.165) is 26.2 Å². The Kier molecular flexibility index (Phi) is 5.76. The number of aromatic nitrogens is 1. The van der Waals surface area contributed by atoms with E-state index in [1.165, 1.54) is 11.8 Å².